The van der Waals surface area contributed by atoms with E-state index in [9.17, 15) is 9.59 Å². The van der Waals surface area contributed by atoms with Gasteiger partial charge in [-0.25, -0.2) is 0 Å². The van der Waals surface area contributed by atoms with Gasteiger partial charge in [-0.1, -0.05) is 38.9 Å². The summed E-state index contributed by atoms with van der Waals surface area (Å²) in [4.78, 5) is 27.9. The van der Waals surface area contributed by atoms with Gasteiger partial charge in [0.15, 0.2) is 0 Å². The number of anilines is 1. The first-order valence-corrected chi connectivity index (χ1v) is 10.8. The number of nitrogens with zero attached hydrogens (tertiary/aromatic N) is 5. The van der Waals surface area contributed by atoms with Crippen LogP contribution in [0.15, 0.2) is 30.5 Å². The molecule has 0 unspecified atom stereocenters. The van der Waals surface area contributed by atoms with Crippen LogP contribution in [0.4, 0.5) is 5.69 Å². The molecule has 7 nitrogen and oxygen atoms in total. The summed E-state index contributed by atoms with van der Waals surface area (Å²) in [5.41, 5.74) is 1.77. The number of benzene rings is 1. The highest BCUT2D eigenvalue weighted by Crippen LogP contribution is 2.29. The molecule has 0 bridgehead atoms. The topological polar surface area (TPSA) is 71.3 Å². The van der Waals surface area contributed by atoms with Gasteiger partial charge in [0.25, 0.3) is 11.7 Å². The number of fused-ring (bicyclic) bond motifs is 1. The first kappa shape index (κ1) is 18.9. The number of hydrogen-bond acceptors (Lipinski definition) is 7. The van der Waals surface area contributed by atoms with Crippen molar-refractivity contribution in [3.05, 3.63) is 41.7 Å². The third-order valence-corrected chi connectivity index (χ3v) is 6.26. The molecule has 0 radical (unpaired) electrons. The zero-order valence-electron chi connectivity index (χ0n) is 14.8. The second kappa shape index (κ2) is 8.70. The Labute approximate surface area is 160 Å². The van der Waals surface area contributed by atoms with Crippen LogP contribution in [0.1, 0.15) is 16.1 Å². The highest BCUT2D eigenvalue weighted by Gasteiger charge is 2.35. The Bertz CT molecular complexity index is 793. The van der Waals surface area contributed by atoms with E-state index in [2.05, 4.69) is 29.3 Å². The first-order valence-electron chi connectivity index (χ1n) is 8.29. The van der Waals surface area contributed by atoms with Crippen LogP contribution in [0.2, 0.25) is 0 Å². The van der Waals surface area contributed by atoms with E-state index in [1.165, 1.54) is 4.90 Å². The van der Waals surface area contributed by atoms with Crippen molar-refractivity contribution in [2.45, 2.75) is 13.1 Å². The molecular formula is C17H21N5O2S2. The largest absolute Gasteiger partial charge is 0.309 e. The van der Waals surface area contributed by atoms with Crippen LogP contribution in [0.25, 0.3) is 0 Å². The van der Waals surface area contributed by atoms with Gasteiger partial charge in [-0.05, 0) is 26.2 Å². The lowest BCUT2D eigenvalue weighted by atomic mass is 10.1. The van der Waals surface area contributed by atoms with E-state index in [1.807, 2.05) is 33.9 Å². The van der Waals surface area contributed by atoms with Crippen molar-refractivity contribution in [1.82, 2.24) is 19.9 Å². The molecule has 1 aliphatic heterocycles. The second-order valence-electron chi connectivity index (χ2n) is 6.16. The predicted molar refractivity (Wildman–Crippen MR) is 105 cm³/mol. The number of aryl methyl sites for hydroxylation is 1. The van der Waals surface area contributed by atoms with Gasteiger partial charge < -0.3 is 4.90 Å². The molecule has 2 heterocycles. The number of amides is 1. The molecule has 1 amide bonds. The highest BCUT2D eigenvalue weighted by molar-refractivity contribution is 8.76. The van der Waals surface area contributed by atoms with Gasteiger partial charge in [0.2, 0.25) is 0 Å². The number of carbonyl (C=O) groups excluding carboxylic acids is 2. The Morgan fingerprint density at radius 3 is 2.69 bits per heavy atom. The van der Waals surface area contributed by atoms with Crippen molar-refractivity contribution in [3.63, 3.8) is 0 Å². The van der Waals surface area contributed by atoms with E-state index < -0.39 is 11.7 Å². The summed E-state index contributed by atoms with van der Waals surface area (Å²) in [6, 6.07) is 7.04. The fourth-order valence-corrected chi connectivity index (χ4v) is 4.65. The minimum Gasteiger partial charge on any atom is -0.309 e. The van der Waals surface area contributed by atoms with Crippen LogP contribution in [-0.4, -0.2) is 63.7 Å². The van der Waals surface area contributed by atoms with Gasteiger partial charge in [0.05, 0.1) is 30.5 Å². The Kier molecular flexibility index (Phi) is 6.33. The molecule has 0 saturated carbocycles. The Hall–Kier alpha value is -1.84. The van der Waals surface area contributed by atoms with Gasteiger partial charge in [-0.3, -0.25) is 19.2 Å². The van der Waals surface area contributed by atoms with Gasteiger partial charge in [0, 0.05) is 18.1 Å². The number of rotatable bonds is 9. The van der Waals surface area contributed by atoms with Crippen molar-refractivity contribution in [1.29, 1.82) is 0 Å². The molecule has 138 valence electrons. The zero-order valence-corrected chi connectivity index (χ0v) is 16.4. The molecule has 0 fully saturated rings. The maximum Gasteiger partial charge on any atom is 0.299 e. The fraction of sp³-hybridized carbons (Fsp3) is 0.412. The molecule has 0 N–H and O–H groups in total. The minimum absolute atomic E-state index is 0.256. The minimum atomic E-state index is -0.506. The summed E-state index contributed by atoms with van der Waals surface area (Å²) < 4.78 is 1.78. The number of ketones is 1. The summed E-state index contributed by atoms with van der Waals surface area (Å²) in [6.45, 7) is 2.08. The molecule has 0 saturated heterocycles. The van der Waals surface area contributed by atoms with Crippen LogP contribution >= 0.6 is 21.6 Å². The first-order chi connectivity index (χ1) is 12.6. The summed E-state index contributed by atoms with van der Waals surface area (Å²) in [5, 5.41) is 8.25. The summed E-state index contributed by atoms with van der Waals surface area (Å²) in [7, 11) is 7.80. The maximum absolute atomic E-state index is 12.2. The molecule has 1 aromatic heterocycles. The lowest BCUT2D eigenvalue weighted by Gasteiger charge is -2.14. The van der Waals surface area contributed by atoms with Gasteiger partial charge >= 0.3 is 0 Å². The number of hydrogen-bond donors (Lipinski definition) is 0. The van der Waals surface area contributed by atoms with E-state index in [-0.39, 0.29) is 6.54 Å². The number of para-hydroxylation sites is 1. The van der Waals surface area contributed by atoms with Crippen LogP contribution in [0, 0.1) is 0 Å². The van der Waals surface area contributed by atoms with Crippen molar-refractivity contribution in [3.8, 4) is 0 Å². The molecule has 1 aliphatic rings. The highest BCUT2D eigenvalue weighted by atomic mass is 33.1. The quantitative estimate of drug-likeness (QED) is 0.367. The van der Waals surface area contributed by atoms with Crippen LogP contribution < -0.4 is 4.90 Å². The zero-order chi connectivity index (χ0) is 18.5. The second-order valence-corrected chi connectivity index (χ2v) is 8.86. The number of aromatic nitrogens is 3. The third kappa shape index (κ3) is 4.46. The molecule has 1 aromatic carbocycles. The van der Waals surface area contributed by atoms with E-state index in [0.717, 1.165) is 24.6 Å². The van der Waals surface area contributed by atoms with E-state index >= 15 is 0 Å². The number of Topliss-reactive ketones (excluding diaryl/α,β-unsaturated/α-hetero) is 1. The predicted octanol–water partition coefficient (Wildman–Crippen LogP) is 1.95. The van der Waals surface area contributed by atoms with Gasteiger partial charge in [-0.15, -0.1) is 5.10 Å². The Morgan fingerprint density at radius 1 is 1.12 bits per heavy atom. The lowest BCUT2D eigenvalue weighted by Crippen LogP contribution is -2.29. The SMILES string of the molecule is CN(C)CCSSCCn1cc(CN2C(=O)C(=O)c3ccccc32)nn1. The fourth-order valence-electron chi connectivity index (χ4n) is 2.56. The molecule has 0 spiro atoms. The molecule has 2 aromatic rings. The smallest absolute Gasteiger partial charge is 0.299 e. The monoisotopic (exact) mass is 391 g/mol. The van der Waals surface area contributed by atoms with Crippen LogP contribution in [0.5, 0.6) is 0 Å². The molecule has 0 aliphatic carbocycles. The average molecular weight is 392 g/mol. The van der Waals surface area contributed by atoms with Gasteiger partial charge in [-0.2, -0.15) is 0 Å². The summed E-state index contributed by atoms with van der Waals surface area (Å²) in [6.07, 6.45) is 1.84. The molecular weight excluding hydrogens is 370 g/mol. The molecule has 0 atom stereocenters. The maximum atomic E-state index is 12.2. The van der Waals surface area contributed by atoms with E-state index in [0.29, 0.717) is 16.9 Å². The lowest BCUT2D eigenvalue weighted by molar-refractivity contribution is -0.114. The van der Waals surface area contributed by atoms with Crippen LogP contribution in [-0.2, 0) is 17.9 Å². The van der Waals surface area contributed by atoms with E-state index in [4.69, 9.17) is 0 Å². The molecule has 3 rings (SSSR count). The van der Waals surface area contributed by atoms with Crippen molar-refractivity contribution in [2.75, 3.05) is 37.0 Å². The molecule has 9 heteroatoms. The van der Waals surface area contributed by atoms with Gasteiger partial charge in [0.1, 0.15) is 5.69 Å². The van der Waals surface area contributed by atoms with Crippen molar-refractivity contribution in [2.24, 2.45) is 0 Å². The summed E-state index contributed by atoms with van der Waals surface area (Å²) >= 11 is 0. The van der Waals surface area contributed by atoms with Crippen molar-refractivity contribution < 1.29 is 9.59 Å². The normalized spacial score (nSPS) is 13.7. The summed E-state index contributed by atoms with van der Waals surface area (Å²) in [5.74, 6) is 1.06. The van der Waals surface area contributed by atoms with Crippen LogP contribution in [0.3, 0.4) is 0 Å². The Balaban J connectivity index is 1.51. The van der Waals surface area contributed by atoms with Crippen molar-refractivity contribution >= 4 is 39.0 Å². The molecule has 26 heavy (non-hydrogen) atoms. The standard InChI is InChI=1S/C17H21N5O2S2/c1-20(2)7-9-25-26-10-8-21-11-13(18-19-21)12-22-15-6-4-3-5-14(15)16(23)17(22)24/h3-6,11H,7-10,12H2,1-2H3. The van der Waals surface area contributed by atoms with E-state index in [1.54, 1.807) is 22.9 Å². The Morgan fingerprint density at radius 2 is 1.88 bits per heavy atom. The average Bonchev–Trinajstić information content (AvgIpc) is 3.17. The number of carbonyl (C=O) groups is 2. The third-order valence-electron chi connectivity index (χ3n) is 3.89.